The van der Waals surface area contributed by atoms with Crippen molar-refractivity contribution >= 4 is 5.97 Å². The molecule has 0 aliphatic heterocycles. The first kappa shape index (κ1) is 20.7. The van der Waals surface area contributed by atoms with Crippen molar-refractivity contribution in [2.24, 2.45) is 23.5 Å². The number of carboxylic acids is 1. The molecule has 24 heavy (non-hydrogen) atoms. The molecule has 4 heteroatoms. The van der Waals surface area contributed by atoms with Crippen LogP contribution in [0.2, 0.25) is 0 Å². The van der Waals surface area contributed by atoms with Crippen LogP contribution in [0.15, 0.2) is 30.3 Å². The first-order valence-corrected chi connectivity index (χ1v) is 8.87. The summed E-state index contributed by atoms with van der Waals surface area (Å²) in [6, 6.07) is 10.3. The van der Waals surface area contributed by atoms with Crippen LogP contribution in [0.4, 0.5) is 0 Å². The van der Waals surface area contributed by atoms with Crippen LogP contribution in [0.25, 0.3) is 0 Å². The van der Waals surface area contributed by atoms with Crippen LogP contribution >= 0.6 is 0 Å². The van der Waals surface area contributed by atoms with Gasteiger partial charge >= 0.3 is 5.97 Å². The van der Waals surface area contributed by atoms with Crippen LogP contribution in [-0.4, -0.2) is 29.3 Å². The summed E-state index contributed by atoms with van der Waals surface area (Å²) in [6.45, 7) is 10.4. The summed E-state index contributed by atoms with van der Waals surface area (Å²) in [6.07, 6.45) is 1.58. The monoisotopic (exact) mass is 335 g/mol. The van der Waals surface area contributed by atoms with E-state index in [1.54, 1.807) is 6.92 Å². The minimum atomic E-state index is -1.31. The van der Waals surface area contributed by atoms with Gasteiger partial charge in [0.15, 0.2) is 0 Å². The maximum absolute atomic E-state index is 11.6. The summed E-state index contributed by atoms with van der Waals surface area (Å²) in [5, 5.41) is 9.50. The largest absolute Gasteiger partial charge is 0.480 e. The SMILES string of the molecule is CC[C@H](Cc1ccccc1)[C@@H](OCC(C)C)C(C)[C@](C)(N)C(=O)O. The highest BCUT2D eigenvalue weighted by Crippen LogP contribution is 2.30. The topological polar surface area (TPSA) is 72.5 Å². The third-order valence-electron chi connectivity index (χ3n) is 4.85. The van der Waals surface area contributed by atoms with Gasteiger partial charge in [-0.1, -0.05) is 64.4 Å². The van der Waals surface area contributed by atoms with Gasteiger partial charge in [-0.25, -0.2) is 0 Å². The first-order valence-electron chi connectivity index (χ1n) is 8.87. The molecule has 4 nitrogen and oxygen atoms in total. The van der Waals surface area contributed by atoms with Crippen LogP contribution in [0.5, 0.6) is 0 Å². The number of hydrogen-bond acceptors (Lipinski definition) is 3. The predicted molar refractivity (Wildman–Crippen MR) is 97.9 cm³/mol. The Labute approximate surface area is 146 Å². The molecule has 0 saturated heterocycles. The lowest BCUT2D eigenvalue weighted by molar-refractivity contribution is -0.149. The molecule has 0 bridgehead atoms. The number of benzene rings is 1. The second-order valence-electron chi connectivity index (χ2n) is 7.43. The number of nitrogens with two attached hydrogens (primary N) is 1. The van der Waals surface area contributed by atoms with Gasteiger partial charge in [-0.3, -0.25) is 4.79 Å². The van der Waals surface area contributed by atoms with Gasteiger partial charge in [0.2, 0.25) is 0 Å². The van der Waals surface area contributed by atoms with Crippen LogP contribution in [-0.2, 0) is 16.0 Å². The Hall–Kier alpha value is -1.39. The smallest absolute Gasteiger partial charge is 0.323 e. The highest BCUT2D eigenvalue weighted by Gasteiger charge is 2.42. The molecule has 0 aliphatic carbocycles. The van der Waals surface area contributed by atoms with E-state index in [-0.39, 0.29) is 17.9 Å². The highest BCUT2D eigenvalue weighted by molar-refractivity contribution is 5.78. The van der Waals surface area contributed by atoms with Crippen molar-refractivity contribution in [3.05, 3.63) is 35.9 Å². The number of carboxylic acid groups (broad SMARTS) is 1. The van der Waals surface area contributed by atoms with E-state index in [1.807, 2.05) is 25.1 Å². The molecule has 136 valence electrons. The zero-order valence-electron chi connectivity index (χ0n) is 15.7. The molecule has 0 saturated carbocycles. The molecular weight excluding hydrogens is 302 g/mol. The molecule has 1 rings (SSSR count). The van der Waals surface area contributed by atoms with Crippen LogP contribution in [0.3, 0.4) is 0 Å². The summed E-state index contributed by atoms with van der Waals surface area (Å²) in [5.74, 6) is -0.656. The Morgan fingerprint density at radius 2 is 1.83 bits per heavy atom. The standard InChI is InChI=1S/C20H33NO3/c1-6-17(12-16-10-8-7-9-11-16)18(24-13-14(2)3)15(4)20(5,21)19(22)23/h7-11,14-15,17-18H,6,12-13,21H2,1-5H3,(H,22,23)/t15?,17-,18+,20+/m1/s1. The third-order valence-corrected chi connectivity index (χ3v) is 4.85. The summed E-state index contributed by atoms with van der Waals surface area (Å²) < 4.78 is 6.18. The van der Waals surface area contributed by atoms with Crippen LogP contribution < -0.4 is 5.73 Å². The van der Waals surface area contributed by atoms with E-state index in [4.69, 9.17) is 10.5 Å². The molecule has 0 spiro atoms. The van der Waals surface area contributed by atoms with E-state index in [0.717, 1.165) is 12.8 Å². The molecular formula is C20H33NO3. The minimum absolute atomic E-state index is 0.191. The average Bonchev–Trinajstić information content (AvgIpc) is 2.54. The lowest BCUT2D eigenvalue weighted by Gasteiger charge is -2.38. The zero-order valence-corrected chi connectivity index (χ0v) is 15.7. The maximum atomic E-state index is 11.6. The van der Waals surface area contributed by atoms with Crippen LogP contribution in [0.1, 0.15) is 46.6 Å². The summed E-state index contributed by atoms with van der Waals surface area (Å²) >= 11 is 0. The molecule has 0 aliphatic rings. The molecule has 4 atom stereocenters. The molecule has 1 aromatic carbocycles. The Morgan fingerprint density at radius 3 is 2.29 bits per heavy atom. The number of carbonyl (C=O) groups is 1. The van der Waals surface area contributed by atoms with E-state index >= 15 is 0 Å². The van der Waals surface area contributed by atoms with Crippen molar-refractivity contribution in [3.8, 4) is 0 Å². The van der Waals surface area contributed by atoms with Crippen molar-refractivity contribution in [3.63, 3.8) is 0 Å². The van der Waals surface area contributed by atoms with Crippen molar-refractivity contribution in [2.45, 2.75) is 59.1 Å². The van der Waals surface area contributed by atoms with Crippen molar-refractivity contribution in [2.75, 3.05) is 6.61 Å². The summed E-state index contributed by atoms with van der Waals surface area (Å²) in [5.41, 5.74) is 6.04. The first-order chi connectivity index (χ1) is 11.2. The fourth-order valence-electron chi connectivity index (χ4n) is 2.94. The lowest BCUT2D eigenvalue weighted by atomic mass is 9.76. The fraction of sp³-hybridized carbons (Fsp3) is 0.650. The van der Waals surface area contributed by atoms with Gasteiger partial charge in [-0.15, -0.1) is 0 Å². The number of ether oxygens (including phenoxy) is 1. The molecule has 0 amide bonds. The van der Waals surface area contributed by atoms with E-state index in [9.17, 15) is 9.90 Å². The van der Waals surface area contributed by atoms with Crippen molar-refractivity contribution < 1.29 is 14.6 Å². The minimum Gasteiger partial charge on any atom is -0.480 e. The van der Waals surface area contributed by atoms with E-state index in [0.29, 0.717) is 12.5 Å². The van der Waals surface area contributed by atoms with E-state index < -0.39 is 11.5 Å². The molecule has 0 heterocycles. The van der Waals surface area contributed by atoms with Gasteiger partial charge in [0, 0.05) is 12.5 Å². The van der Waals surface area contributed by atoms with Gasteiger partial charge in [-0.05, 0) is 30.7 Å². The van der Waals surface area contributed by atoms with E-state index in [2.05, 4.69) is 32.9 Å². The quantitative estimate of drug-likeness (QED) is 0.683. The zero-order chi connectivity index (χ0) is 18.3. The van der Waals surface area contributed by atoms with Gasteiger partial charge in [0.05, 0.1) is 6.10 Å². The summed E-state index contributed by atoms with van der Waals surface area (Å²) in [4.78, 5) is 11.6. The van der Waals surface area contributed by atoms with Gasteiger partial charge in [-0.2, -0.15) is 0 Å². The third kappa shape index (κ3) is 5.60. The Morgan fingerprint density at radius 1 is 1.25 bits per heavy atom. The Balaban J connectivity index is 3.02. The van der Waals surface area contributed by atoms with Gasteiger partial charge in [0.25, 0.3) is 0 Å². The molecule has 0 radical (unpaired) electrons. The highest BCUT2D eigenvalue weighted by atomic mass is 16.5. The predicted octanol–water partition coefficient (Wildman–Crippen LogP) is 3.73. The Bertz CT molecular complexity index is 499. The Kier molecular flexibility index (Phi) is 7.91. The van der Waals surface area contributed by atoms with Crippen molar-refractivity contribution in [1.29, 1.82) is 0 Å². The average molecular weight is 335 g/mol. The normalized spacial score (nSPS) is 18.0. The second kappa shape index (κ2) is 9.19. The van der Waals surface area contributed by atoms with E-state index in [1.165, 1.54) is 5.56 Å². The number of rotatable bonds is 10. The van der Waals surface area contributed by atoms with Gasteiger partial charge < -0.3 is 15.6 Å². The van der Waals surface area contributed by atoms with Gasteiger partial charge in [0.1, 0.15) is 5.54 Å². The molecule has 3 N–H and O–H groups in total. The second-order valence-corrected chi connectivity index (χ2v) is 7.43. The number of hydrogen-bond donors (Lipinski definition) is 2. The number of aliphatic carboxylic acids is 1. The summed E-state index contributed by atoms with van der Waals surface area (Å²) in [7, 11) is 0. The van der Waals surface area contributed by atoms with Crippen LogP contribution in [0, 0.1) is 17.8 Å². The molecule has 1 aromatic rings. The lowest BCUT2D eigenvalue weighted by Crippen LogP contribution is -2.56. The maximum Gasteiger partial charge on any atom is 0.323 e. The molecule has 1 unspecified atom stereocenters. The fourth-order valence-corrected chi connectivity index (χ4v) is 2.94. The van der Waals surface area contributed by atoms with Crippen molar-refractivity contribution in [1.82, 2.24) is 0 Å². The molecule has 0 fully saturated rings. The molecule has 0 aromatic heterocycles.